The van der Waals surface area contributed by atoms with Crippen LogP contribution in [-0.2, 0) is 0 Å². The normalized spacial score (nSPS) is 27.4. The Balaban J connectivity index is 1.52. The number of hydrogen-bond donors (Lipinski definition) is 2. The molecule has 4 heteroatoms. The highest BCUT2D eigenvalue weighted by molar-refractivity contribution is 5.93. The number of carbonyl (C=O) groups is 1. The van der Waals surface area contributed by atoms with Crippen molar-refractivity contribution < 1.29 is 4.79 Å². The van der Waals surface area contributed by atoms with Crippen LogP contribution in [0.2, 0.25) is 0 Å². The molecule has 3 atom stereocenters. The molecule has 2 fully saturated rings. The van der Waals surface area contributed by atoms with E-state index in [-0.39, 0.29) is 5.91 Å². The van der Waals surface area contributed by atoms with E-state index in [1.165, 1.54) is 32.1 Å². The van der Waals surface area contributed by atoms with Gasteiger partial charge in [-0.2, -0.15) is 0 Å². The summed E-state index contributed by atoms with van der Waals surface area (Å²) in [5, 5.41) is 6.24. The Morgan fingerprint density at radius 1 is 1.29 bits per heavy atom. The van der Waals surface area contributed by atoms with Gasteiger partial charge >= 0.3 is 0 Å². The summed E-state index contributed by atoms with van der Waals surface area (Å²) < 4.78 is 0. The molecular weight excluding hydrogens is 262 g/mol. The minimum absolute atomic E-state index is 0.0545. The minimum Gasteiger partial charge on any atom is -0.370 e. The van der Waals surface area contributed by atoms with Gasteiger partial charge in [0, 0.05) is 19.3 Å². The largest absolute Gasteiger partial charge is 0.370 e. The summed E-state index contributed by atoms with van der Waals surface area (Å²) in [5.74, 6) is 3.56. The number of amides is 1. The number of pyridine rings is 1. The third-order valence-electron chi connectivity index (χ3n) is 5.14. The van der Waals surface area contributed by atoms with Gasteiger partial charge in [-0.3, -0.25) is 4.79 Å². The van der Waals surface area contributed by atoms with Crippen molar-refractivity contribution in [1.82, 2.24) is 10.3 Å². The van der Waals surface area contributed by atoms with Crippen molar-refractivity contribution in [2.45, 2.75) is 39.0 Å². The van der Waals surface area contributed by atoms with Gasteiger partial charge in [0.05, 0.1) is 5.56 Å². The van der Waals surface area contributed by atoms with E-state index >= 15 is 0 Å². The molecule has 2 aliphatic carbocycles. The molecular formula is C17H25N3O. The molecule has 0 unspecified atom stereocenters. The summed E-state index contributed by atoms with van der Waals surface area (Å²) in [4.78, 5) is 16.0. The second kappa shape index (κ2) is 6.46. The zero-order valence-corrected chi connectivity index (χ0v) is 12.8. The highest BCUT2D eigenvalue weighted by Crippen LogP contribution is 2.47. The maximum absolute atomic E-state index is 11.7. The van der Waals surface area contributed by atoms with Crippen LogP contribution < -0.4 is 10.6 Å². The summed E-state index contributed by atoms with van der Waals surface area (Å²) in [6.45, 7) is 3.58. The van der Waals surface area contributed by atoms with Gasteiger partial charge in [0.1, 0.15) is 5.82 Å². The molecule has 0 bridgehead atoms. The molecule has 2 aliphatic rings. The summed E-state index contributed by atoms with van der Waals surface area (Å²) in [5.41, 5.74) is 0.624. The number of rotatable bonds is 5. The fraction of sp³-hybridized carbons (Fsp3) is 0.647. The molecule has 0 spiro atoms. The maximum atomic E-state index is 11.7. The molecule has 0 aromatic carbocycles. The SMILES string of the molecule is CCNC(=O)c1ccc(NC[C@H]2CC[C@@H]3CCC[C@@H]32)nc1. The van der Waals surface area contributed by atoms with Gasteiger partial charge in [-0.1, -0.05) is 12.8 Å². The van der Waals surface area contributed by atoms with Crippen molar-refractivity contribution in [3.8, 4) is 0 Å². The van der Waals surface area contributed by atoms with Crippen LogP contribution in [0, 0.1) is 17.8 Å². The maximum Gasteiger partial charge on any atom is 0.252 e. The van der Waals surface area contributed by atoms with Gasteiger partial charge < -0.3 is 10.6 Å². The van der Waals surface area contributed by atoms with E-state index in [0.29, 0.717) is 12.1 Å². The summed E-state index contributed by atoms with van der Waals surface area (Å²) in [6.07, 6.45) is 8.72. The van der Waals surface area contributed by atoms with Gasteiger partial charge in [-0.15, -0.1) is 0 Å². The zero-order chi connectivity index (χ0) is 14.7. The lowest BCUT2D eigenvalue weighted by molar-refractivity contribution is 0.0955. The molecule has 114 valence electrons. The Labute approximate surface area is 126 Å². The standard InChI is InChI=1S/C17H25N3O/c1-2-18-17(21)14-8-9-16(20-11-14)19-10-13-7-6-12-4-3-5-15(12)13/h8-9,11-13,15H,2-7,10H2,1H3,(H,18,21)(H,19,20)/t12-,13+,15-/m0/s1. The monoisotopic (exact) mass is 287 g/mol. The van der Waals surface area contributed by atoms with Gasteiger partial charge in [0.25, 0.3) is 5.91 Å². The molecule has 2 saturated carbocycles. The summed E-state index contributed by atoms with van der Waals surface area (Å²) >= 11 is 0. The lowest BCUT2D eigenvalue weighted by Gasteiger charge is -2.19. The highest BCUT2D eigenvalue weighted by Gasteiger charge is 2.38. The topological polar surface area (TPSA) is 54.0 Å². The Bertz CT molecular complexity index is 485. The lowest BCUT2D eigenvalue weighted by atomic mass is 9.92. The minimum atomic E-state index is -0.0545. The smallest absolute Gasteiger partial charge is 0.252 e. The molecule has 0 aliphatic heterocycles. The number of hydrogen-bond acceptors (Lipinski definition) is 3. The molecule has 2 N–H and O–H groups in total. The molecule has 4 nitrogen and oxygen atoms in total. The predicted molar refractivity (Wildman–Crippen MR) is 84.3 cm³/mol. The van der Waals surface area contributed by atoms with Crippen LogP contribution in [0.25, 0.3) is 0 Å². The number of carbonyl (C=O) groups excluding carboxylic acids is 1. The van der Waals surface area contributed by atoms with Gasteiger partial charge in [-0.05, 0) is 56.1 Å². The molecule has 1 aromatic heterocycles. The van der Waals surface area contributed by atoms with Crippen molar-refractivity contribution >= 4 is 11.7 Å². The molecule has 1 amide bonds. The summed E-state index contributed by atoms with van der Waals surface area (Å²) in [7, 11) is 0. The van der Waals surface area contributed by atoms with Crippen LogP contribution in [-0.4, -0.2) is 24.0 Å². The van der Waals surface area contributed by atoms with E-state index in [1.54, 1.807) is 6.20 Å². The van der Waals surface area contributed by atoms with Gasteiger partial charge in [0.15, 0.2) is 0 Å². The quantitative estimate of drug-likeness (QED) is 0.875. The fourth-order valence-corrected chi connectivity index (χ4v) is 4.07. The fourth-order valence-electron chi connectivity index (χ4n) is 4.07. The van der Waals surface area contributed by atoms with Crippen LogP contribution >= 0.6 is 0 Å². The molecule has 1 heterocycles. The van der Waals surface area contributed by atoms with Crippen molar-refractivity contribution in [1.29, 1.82) is 0 Å². The predicted octanol–water partition coefficient (Wildman–Crippen LogP) is 3.07. The first-order chi connectivity index (χ1) is 10.3. The summed E-state index contributed by atoms with van der Waals surface area (Å²) in [6, 6.07) is 3.75. The van der Waals surface area contributed by atoms with Crippen LogP contribution in [0.3, 0.4) is 0 Å². The molecule has 0 radical (unpaired) electrons. The van der Waals surface area contributed by atoms with E-state index < -0.39 is 0 Å². The van der Waals surface area contributed by atoms with Crippen LogP contribution in [0.5, 0.6) is 0 Å². The number of anilines is 1. The average molecular weight is 287 g/mol. The van der Waals surface area contributed by atoms with Crippen LogP contribution in [0.15, 0.2) is 18.3 Å². The van der Waals surface area contributed by atoms with E-state index in [2.05, 4.69) is 15.6 Å². The third-order valence-corrected chi connectivity index (χ3v) is 5.14. The van der Waals surface area contributed by atoms with Gasteiger partial charge in [-0.25, -0.2) is 4.98 Å². The number of nitrogens with one attached hydrogen (secondary N) is 2. The Morgan fingerprint density at radius 2 is 2.19 bits per heavy atom. The first-order valence-corrected chi connectivity index (χ1v) is 8.26. The molecule has 21 heavy (non-hydrogen) atoms. The first kappa shape index (κ1) is 14.4. The van der Waals surface area contributed by atoms with Crippen LogP contribution in [0.1, 0.15) is 49.4 Å². The zero-order valence-electron chi connectivity index (χ0n) is 12.8. The second-order valence-electron chi connectivity index (χ2n) is 6.36. The second-order valence-corrected chi connectivity index (χ2v) is 6.36. The van der Waals surface area contributed by atoms with Crippen molar-refractivity contribution in [3.63, 3.8) is 0 Å². The van der Waals surface area contributed by atoms with E-state index in [4.69, 9.17) is 0 Å². The first-order valence-electron chi connectivity index (χ1n) is 8.26. The van der Waals surface area contributed by atoms with Crippen molar-refractivity contribution in [2.24, 2.45) is 17.8 Å². The third kappa shape index (κ3) is 3.20. The lowest BCUT2D eigenvalue weighted by Crippen LogP contribution is -2.23. The van der Waals surface area contributed by atoms with E-state index in [1.807, 2.05) is 19.1 Å². The van der Waals surface area contributed by atoms with Crippen molar-refractivity contribution in [3.05, 3.63) is 23.9 Å². The average Bonchev–Trinajstić information content (AvgIpc) is 3.09. The van der Waals surface area contributed by atoms with E-state index in [9.17, 15) is 4.79 Å². The Hall–Kier alpha value is -1.58. The highest BCUT2D eigenvalue weighted by atomic mass is 16.1. The molecule has 3 rings (SSSR count). The van der Waals surface area contributed by atoms with Gasteiger partial charge in [0.2, 0.25) is 0 Å². The van der Waals surface area contributed by atoms with Crippen molar-refractivity contribution in [2.75, 3.05) is 18.4 Å². The van der Waals surface area contributed by atoms with E-state index in [0.717, 1.165) is 30.1 Å². The Morgan fingerprint density at radius 3 is 2.95 bits per heavy atom. The molecule has 0 saturated heterocycles. The Kier molecular flexibility index (Phi) is 4.42. The van der Waals surface area contributed by atoms with Crippen LogP contribution in [0.4, 0.5) is 5.82 Å². The number of nitrogens with zero attached hydrogens (tertiary/aromatic N) is 1. The number of fused-ring (bicyclic) bond motifs is 1. The number of aromatic nitrogens is 1. The molecule has 1 aromatic rings.